The molecule has 2 aromatic carbocycles. The smallest absolute Gasteiger partial charge is 0.357 e. The number of benzene rings is 2. The van der Waals surface area contributed by atoms with Gasteiger partial charge in [-0.05, 0) is 23.8 Å². The lowest BCUT2D eigenvalue weighted by Gasteiger charge is -2.04. The summed E-state index contributed by atoms with van der Waals surface area (Å²) in [6.07, 6.45) is 0. The Balaban J connectivity index is 2.10. The number of phenolic OH excluding ortho intramolecular Hbond substituents is 1. The Kier molecular flexibility index (Phi) is 2.87. The molecule has 0 unspecified atom stereocenters. The van der Waals surface area contributed by atoms with Crippen LogP contribution in [0.2, 0.25) is 0 Å². The van der Waals surface area contributed by atoms with Gasteiger partial charge in [0, 0.05) is 5.39 Å². The molecule has 20 heavy (non-hydrogen) atoms. The first kappa shape index (κ1) is 12.2. The van der Waals surface area contributed by atoms with Crippen molar-refractivity contribution in [2.45, 2.75) is 6.54 Å². The number of aromatic hydroxyl groups is 1. The number of rotatable bonds is 3. The summed E-state index contributed by atoms with van der Waals surface area (Å²) in [5.74, 6) is -0.867. The van der Waals surface area contributed by atoms with Crippen LogP contribution in [0.15, 0.2) is 48.5 Å². The van der Waals surface area contributed by atoms with Crippen LogP contribution in [0.1, 0.15) is 16.1 Å². The number of hydrogen-bond acceptors (Lipinski definition) is 3. The highest BCUT2D eigenvalue weighted by Gasteiger charge is 2.15. The average Bonchev–Trinajstić information content (AvgIpc) is 2.78. The summed E-state index contributed by atoms with van der Waals surface area (Å²) in [6, 6.07) is 14.0. The molecule has 0 saturated heterocycles. The van der Waals surface area contributed by atoms with Crippen molar-refractivity contribution < 1.29 is 15.0 Å². The largest absolute Gasteiger partial charge is 0.508 e. The van der Waals surface area contributed by atoms with Gasteiger partial charge in [-0.15, -0.1) is 0 Å². The summed E-state index contributed by atoms with van der Waals surface area (Å²) in [4.78, 5) is 11.2. The van der Waals surface area contributed by atoms with E-state index in [1.807, 2.05) is 18.2 Å². The summed E-state index contributed by atoms with van der Waals surface area (Å²) in [5, 5.41) is 23.4. The Morgan fingerprint density at radius 3 is 2.70 bits per heavy atom. The van der Waals surface area contributed by atoms with E-state index in [0.717, 1.165) is 11.1 Å². The molecule has 0 amide bonds. The van der Waals surface area contributed by atoms with Gasteiger partial charge in [-0.2, -0.15) is 5.10 Å². The van der Waals surface area contributed by atoms with E-state index in [1.54, 1.807) is 35.0 Å². The molecular weight excluding hydrogens is 256 g/mol. The van der Waals surface area contributed by atoms with Crippen molar-refractivity contribution in [2.24, 2.45) is 0 Å². The van der Waals surface area contributed by atoms with Crippen molar-refractivity contribution in [1.29, 1.82) is 0 Å². The van der Waals surface area contributed by atoms with E-state index in [9.17, 15) is 15.0 Å². The molecule has 0 fully saturated rings. The molecule has 0 spiro atoms. The maximum atomic E-state index is 11.2. The third-order valence-electron chi connectivity index (χ3n) is 3.10. The van der Waals surface area contributed by atoms with Crippen molar-refractivity contribution in [2.75, 3.05) is 0 Å². The van der Waals surface area contributed by atoms with Crippen molar-refractivity contribution in [3.05, 3.63) is 59.8 Å². The molecule has 5 nitrogen and oxygen atoms in total. The lowest BCUT2D eigenvalue weighted by atomic mass is 10.2. The van der Waals surface area contributed by atoms with Crippen LogP contribution in [0.3, 0.4) is 0 Å². The summed E-state index contributed by atoms with van der Waals surface area (Å²) in [7, 11) is 0. The molecule has 0 atom stereocenters. The van der Waals surface area contributed by atoms with Crippen LogP contribution < -0.4 is 0 Å². The average molecular weight is 268 g/mol. The summed E-state index contributed by atoms with van der Waals surface area (Å²) in [5.41, 5.74) is 1.66. The van der Waals surface area contributed by atoms with E-state index in [2.05, 4.69) is 5.10 Å². The molecule has 100 valence electrons. The molecule has 1 aromatic heterocycles. The zero-order chi connectivity index (χ0) is 14.1. The van der Waals surface area contributed by atoms with Crippen molar-refractivity contribution in [3.8, 4) is 5.75 Å². The normalized spacial score (nSPS) is 10.8. The van der Waals surface area contributed by atoms with E-state index < -0.39 is 5.97 Å². The van der Waals surface area contributed by atoms with Crippen LogP contribution in [0.5, 0.6) is 5.75 Å². The summed E-state index contributed by atoms with van der Waals surface area (Å²) < 4.78 is 1.63. The van der Waals surface area contributed by atoms with Crippen LogP contribution in [-0.4, -0.2) is 26.0 Å². The molecule has 0 bridgehead atoms. The van der Waals surface area contributed by atoms with Crippen LogP contribution in [0, 0.1) is 0 Å². The highest BCUT2D eigenvalue weighted by atomic mass is 16.4. The van der Waals surface area contributed by atoms with Gasteiger partial charge in [0.1, 0.15) is 5.75 Å². The van der Waals surface area contributed by atoms with Crippen LogP contribution >= 0.6 is 0 Å². The predicted octanol–water partition coefficient (Wildman–Crippen LogP) is 2.49. The predicted molar refractivity (Wildman–Crippen MR) is 73.9 cm³/mol. The van der Waals surface area contributed by atoms with E-state index in [0.29, 0.717) is 11.9 Å². The fourth-order valence-electron chi connectivity index (χ4n) is 2.23. The number of aromatic carboxylic acids is 1. The molecule has 2 N–H and O–H groups in total. The molecular formula is C15H12N2O3. The fourth-order valence-corrected chi connectivity index (χ4v) is 2.23. The second-order valence-corrected chi connectivity index (χ2v) is 4.50. The number of para-hydroxylation sites is 1. The second kappa shape index (κ2) is 4.70. The number of carboxylic acid groups (broad SMARTS) is 1. The Hall–Kier alpha value is -2.82. The maximum absolute atomic E-state index is 11.2. The van der Waals surface area contributed by atoms with Gasteiger partial charge in [-0.1, -0.05) is 30.3 Å². The first-order valence-corrected chi connectivity index (χ1v) is 6.12. The molecule has 0 aliphatic rings. The molecule has 0 aliphatic heterocycles. The molecule has 0 aliphatic carbocycles. The monoisotopic (exact) mass is 268 g/mol. The van der Waals surface area contributed by atoms with E-state index in [1.165, 1.54) is 0 Å². The van der Waals surface area contributed by atoms with Crippen molar-refractivity contribution >= 4 is 16.9 Å². The molecule has 1 heterocycles. The first-order chi connectivity index (χ1) is 9.65. The molecule has 5 heteroatoms. The highest BCUT2D eigenvalue weighted by molar-refractivity contribution is 6.01. The highest BCUT2D eigenvalue weighted by Crippen LogP contribution is 2.20. The Morgan fingerprint density at radius 2 is 1.95 bits per heavy atom. The third-order valence-corrected chi connectivity index (χ3v) is 3.10. The van der Waals surface area contributed by atoms with Gasteiger partial charge >= 0.3 is 5.97 Å². The second-order valence-electron chi connectivity index (χ2n) is 4.50. The minimum atomic E-state index is -1.05. The Bertz CT molecular complexity index is 793. The first-order valence-electron chi connectivity index (χ1n) is 6.12. The minimum Gasteiger partial charge on any atom is -0.508 e. The van der Waals surface area contributed by atoms with Gasteiger partial charge in [0.15, 0.2) is 5.69 Å². The maximum Gasteiger partial charge on any atom is 0.357 e. The lowest BCUT2D eigenvalue weighted by molar-refractivity contribution is 0.0691. The molecule has 0 saturated carbocycles. The van der Waals surface area contributed by atoms with Crippen LogP contribution in [0.4, 0.5) is 0 Å². The third kappa shape index (κ3) is 2.09. The van der Waals surface area contributed by atoms with Gasteiger partial charge in [0.25, 0.3) is 0 Å². The number of nitrogens with zero attached hydrogens (tertiary/aromatic N) is 2. The number of fused-ring (bicyclic) bond motifs is 1. The van der Waals surface area contributed by atoms with Gasteiger partial charge in [-0.3, -0.25) is 4.68 Å². The number of hydrogen-bond donors (Lipinski definition) is 2. The number of phenols is 1. The summed E-state index contributed by atoms with van der Waals surface area (Å²) >= 11 is 0. The van der Waals surface area contributed by atoms with Crippen LogP contribution in [0.25, 0.3) is 10.9 Å². The van der Waals surface area contributed by atoms with Crippen molar-refractivity contribution in [3.63, 3.8) is 0 Å². The lowest BCUT2D eigenvalue weighted by Crippen LogP contribution is -2.04. The zero-order valence-corrected chi connectivity index (χ0v) is 10.5. The summed E-state index contributed by atoms with van der Waals surface area (Å²) in [6.45, 7) is 0.405. The number of aromatic nitrogens is 2. The van der Waals surface area contributed by atoms with Gasteiger partial charge in [0.05, 0.1) is 12.1 Å². The number of carboxylic acids is 1. The SMILES string of the molecule is O=C(O)c1nn(Cc2cccc(O)c2)c2ccccc12. The fraction of sp³-hybridized carbons (Fsp3) is 0.0667. The van der Waals surface area contributed by atoms with Crippen molar-refractivity contribution in [1.82, 2.24) is 9.78 Å². The van der Waals surface area contributed by atoms with Gasteiger partial charge in [-0.25, -0.2) is 4.79 Å². The van der Waals surface area contributed by atoms with E-state index >= 15 is 0 Å². The number of carbonyl (C=O) groups is 1. The molecule has 0 radical (unpaired) electrons. The molecule has 3 rings (SSSR count). The van der Waals surface area contributed by atoms with Gasteiger partial charge < -0.3 is 10.2 Å². The zero-order valence-electron chi connectivity index (χ0n) is 10.5. The van der Waals surface area contributed by atoms with E-state index in [-0.39, 0.29) is 11.4 Å². The minimum absolute atomic E-state index is 0.0424. The molecule has 3 aromatic rings. The quantitative estimate of drug-likeness (QED) is 0.765. The Morgan fingerprint density at radius 1 is 1.15 bits per heavy atom. The van der Waals surface area contributed by atoms with Crippen LogP contribution in [-0.2, 0) is 6.54 Å². The Labute approximate surface area is 114 Å². The topological polar surface area (TPSA) is 75.3 Å². The van der Waals surface area contributed by atoms with E-state index in [4.69, 9.17) is 0 Å². The standard InChI is InChI=1S/C15H12N2O3/c18-11-5-3-4-10(8-11)9-17-13-7-2-1-6-12(13)14(16-17)15(19)20/h1-8,18H,9H2,(H,19,20). The van der Waals surface area contributed by atoms with Gasteiger partial charge in [0.2, 0.25) is 0 Å².